The van der Waals surface area contributed by atoms with Crippen molar-refractivity contribution in [2.45, 2.75) is 13.0 Å². The molecule has 0 radical (unpaired) electrons. The summed E-state index contributed by atoms with van der Waals surface area (Å²) in [7, 11) is 0. The molecule has 1 aliphatic rings. The molecule has 2 unspecified atom stereocenters. The van der Waals surface area contributed by atoms with Gasteiger partial charge >= 0.3 is 5.97 Å². The van der Waals surface area contributed by atoms with Crippen LogP contribution in [0.15, 0.2) is 24.3 Å². The number of anilines is 1. The molecule has 2 N–H and O–H groups in total. The Kier molecular flexibility index (Phi) is 3.81. The van der Waals surface area contributed by atoms with E-state index in [1.54, 1.807) is 6.07 Å². The van der Waals surface area contributed by atoms with Crippen LogP contribution < -0.4 is 10.2 Å². The average molecular weight is 252 g/mol. The molecule has 98 valence electrons. The SMILES string of the molecule is CC1CNCC(C(=O)O)CN1c1cccc(F)c1. The van der Waals surface area contributed by atoms with E-state index in [0.29, 0.717) is 19.6 Å². The van der Waals surface area contributed by atoms with E-state index >= 15 is 0 Å². The Morgan fingerprint density at radius 1 is 1.50 bits per heavy atom. The quantitative estimate of drug-likeness (QED) is 0.833. The van der Waals surface area contributed by atoms with Crippen LogP contribution in [0.1, 0.15) is 6.92 Å². The molecule has 5 heteroatoms. The van der Waals surface area contributed by atoms with Crippen molar-refractivity contribution in [3.05, 3.63) is 30.1 Å². The number of hydrogen-bond acceptors (Lipinski definition) is 3. The molecule has 0 aliphatic carbocycles. The van der Waals surface area contributed by atoms with Crippen LogP contribution >= 0.6 is 0 Å². The summed E-state index contributed by atoms with van der Waals surface area (Å²) >= 11 is 0. The number of rotatable bonds is 2. The van der Waals surface area contributed by atoms with E-state index < -0.39 is 11.9 Å². The van der Waals surface area contributed by atoms with Gasteiger partial charge in [0.2, 0.25) is 0 Å². The maximum absolute atomic E-state index is 13.2. The molecule has 2 rings (SSSR count). The number of carboxylic acids is 1. The zero-order valence-electron chi connectivity index (χ0n) is 10.3. The smallest absolute Gasteiger partial charge is 0.309 e. The standard InChI is InChI=1S/C13H17FN2O2/c1-9-6-15-7-10(13(17)18)8-16(9)12-4-2-3-11(14)5-12/h2-5,9-10,15H,6-8H2,1H3,(H,17,18). The maximum atomic E-state index is 13.2. The molecule has 1 aromatic rings. The van der Waals surface area contributed by atoms with Gasteiger partial charge in [-0.1, -0.05) is 6.07 Å². The Hall–Kier alpha value is -1.62. The van der Waals surface area contributed by atoms with Crippen LogP contribution in [0.4, 0.5) is 10.1 Å². The van der Waals surface area contributed by atoms with Crippen LogP contribution in [0.25, 0.3) is 0 Å². The van der Waals surface area contributed by atoms with Gasteiger partial charge in [0.15, 0.2) is 0 Å². The van der Waals surface area contributed by atoms with Crippen molar-refractivity contribution in [2.24, 2.45) is 5.92 Å². The highest BCUT2D eigenvalue weighted by Crippen LogP contribution is 2.21. The molecule has 1 fully saturated rings. The van der Waals surface area contributed by atoms with E-state index in [4.69, 9.17) is 5.11 Å². The van der Waals surface area contributed by atoms with Crippen LogP contribution in [0.5, 0.6) is 0 Å². The molecule has 0 saturated carbocycles. The Labute approximate surface area is 105 Å². The lowest BCUT2D eigenvalue weighted by atomic mass is 10.1. The van der Waals surface area contributed by atoms with E-state index in [-0.39, 0.29) is 11.9 Å². The van der Waals surface area contributed by atoms with E-state index in [1.807, 2.05) is 17.9 Å². The first kappa shape index (κ1) is 12.8. The Morgan fingerprint density at radius 2 is 2.28 bits per heavy atom. The molecular weight excluding hydrogens is 235 g/mol. The van der Waals surface area contributed by atoms with Crippen LogP contribution in [-0.4, -0.2) is 36.8 Å². The number of nitrogens with one attached hydrogen (secondary N) is 1. The second kappa shape index (κ2) is 5.35. The predicted octanol–water partition coefficient (Wildman–Crippen LogP) is 1.32. The fraction of sp³-hybridized carbons (Fsp3) is 0.462. The van der Waals surface area contributed by atoms with Crippen LogP contribution in [0, 0.1) is 11.7 Å². The second-order valence-electron chi connectivity index (χ2n) is 4.67. The van der Waals surface area contributed by atoms with Crippen molar-refractivity contribution in [1.29, 1.82) is 0 Å². The number of nitrogens with zero attached hydrogens (tertiary/aromatic N) is 1. The first-order valence-corrected chi connectivity index (χ1v) is 6.03. The molecule has 1 aliphatic heterocycles. The first-order valence-electron chi connectivity index (χ1n) is 6.03. The van der Waals surface area contributed by atoms with Crippen LogP contribution in [-0.2, 0) is 4.79 Å². The molecular formula is C13H17FN2O2. The zero-order valence-corrected chi connectivity index (χ0v) is 10.3. The third kappa shape index (κ3) is 2.79. The fourth-order valence-electron chi connectivity index (χ4n) is 2.24. The minimum absolute atomic E-state index is 0.135. The Balaban J connectivity index is 2.25. The molecule has 1 saturated heterocycles. The van der Waals surface area contributed by atoms with Gasteiger partial charge in [-0.25, -0.2) is 4.39 Å². The van der Waals surface area contributed by atoms with Gasteiger partial charge in [-0.05, 0) is 25.1 Å². The van der Waals surface area contributed by atoms with Crippen LogP contribution in [0.2, 0.25) is 0 Å². The van der Waals surface area contributed by atoms with Gasteiger partial charge in [-0.3, -0.25) is 4.79 Å². The molecule has 1 aromatic carbocycles. The summed E-state index contributed by atoms with van der Waals surface area (Å²) in [5.74, 6) is -1.60. The van der Waals surface area contributed by atoms with Crippen molar-refractivity contribution in [1.82, 2.24) is 5.32 Å². The lowest BCUT2D eigenvalue weighted by Crippen LogP contribution is -2.39. The number of aliphatic carboxylic acids is 1. The molecule has 1 heterocycles. The third-order valence-corrected chi connectivity index (χ3v) is 3.27. The summed E-state index contributed by atoms with van der Waals surface area (Å²) in [6.07, 6.45) is 0. The molecule has 18 heavy (non-hydrogen) atoms. The van der Waals surface area contributed by atoms with E-state index in [1.165, 1.54) is 12.1 Å². The van der Waals surface area contributed by atoms with Crippen molar-refractivity contribution in [3.63, 3.8) is 0 Å². The highest BCUT2D eigenvalue weighted by atomic mass is 19.1. The van der Waals surface area contributed by atoms with E-state index in [2.05, 4.69) is 5.32 Å². The van der Waals surface area contributed by atoms with Gasteiger partial charge in [0.25, 0.3) is 0 Å². The molecule has 4 nitrogen and oxygen atoms in total. The van der Waals surface area contributed by atoms with Gasteiger partial charge in [-0.15, -0.1) is 0 Å². The molecule has 0 aromatic heterocycles. The molecule has 2 atom stereocenters. The van der Waals surface area contributed by atoms with Gasteiger partial charge < -0.3 is 15.3 Å². The normalized spacial score (nSPS) is 24.7. The zero-order chi connectivity index (χ0) is 13.1. The number of hydrogen-bond donors (Lipinski definition) is 2. The summed E-state index contributed by atoms with van der Waals surface area (Å²) in [5.41, 5.74) is 0.734. The summed E-state index contributed by atoms with van der Waals surface area (Å²) in [4.78, 5) is 13.1. The van der Waals surface area contributed by atoms with Crippen molar-refractivity contribution in [3.8, 4) is 0 Å². The average Bonchev–Trinajstić information content (AvgIpc) is 2.51. The Morgan fingerprint density at radius 3 is 2.94 bits per heavy atom. The lowest BCUT2D eigenvalue weighted by molar-refractivity contribution is -0.141. The number of halogens is 1. The molecule has 0 amide bonds. The minimum atomic E-state index is -0.821. The maximum Gasteiger partial charge on any atom is 0.309 e. The third-order valence-electron chi connectivity index (χ3n) is 3.27. The first-order chi connectivity index (χ1) is 8.58. The number of benzene rings is 1. The summed E-state index contributed by atoms with van der Waals surface area (Å²) in [5, 5.41) is 12.3. The van der Waals surface area contributed by atoms with Gasteiger partial charge in [0, 0.05) is 31.4 Å². The molecule has 0 bridgehead atoms. The van der Waals surface area contributed by atoms with Gasteiger partial charge in [-0.2, -0.15) is 0 Å². The predicted molar refractivity (Wildman–Crippen MR) is 67.2 cm³/mol. The van der Waals surface area contributed by atoms with Crippen molar-refractivity contribution >= 4 is 11.7 Å². The highest BCUT2D eigenvalue weighted by molar-refractivity contribution is 5.71. The van der Waals surface area contributed by atoms with Gasteiger partial charge in [0.1, 0.15) is 5.82 Å². The molecule has 0 spiro atoms. The van der Waals surface area contributed by atoms with E-state index in [0.717, 1.165) is 5.69 Å². The summed E-state index contributed by atoms with van der Waals surface area (Å²) in [6, 6.07) is 6.42. The minimum Gasteiger partial charge on any atom is -0.481 e. The van der Waals surface area contributed by atoms with E-state index in [9.17, 15) is 9.18 Å². The summed E-state index contributed by atoms with van der Waals surface area (Å²) in [6.45, 7) is 3.54. The fourth-order valence-corrected chi connectivity index (χ4v) is 2.24. The lowest BCUT2D eigenvalue weighted by Gasteiger charge is -2.30. The topological polar surface area (TPSA) is 52.6 Å². The highest BCUT2D eigenvalue weighted by Gasteiger charge is 2.27. The largest absolute Gasteiger partial charge is 0.481 e. The number of carbonyl (C=O) groups is 1. The van der Waals surface area contributed by atoms with Crippen LogP contribution in [0.3, 0.4) is 0 Å². The van der Waals surface area contributed by atoms with Crippen molar-refractivity contribution < 1.29 is 14.3 Å². The van der Waals surface area contributed by atoms with Gasteiger partial charge in [0.05, 0.1) is 5.92 Å². The second-order valence-corrected chi connectivity index (χ2v) is 4.67. The van der Waals surface area contributed by atoms with Crippen molar-refractivity contribution in [2.75, 3.05) is 24.5 Å². The Bertz CT molecular complexity index is 439. The summed E-state index contributed by atoms with van der Waals surface area (Å²) < 4.78 is 13.2. The number of carboxylic acid groups (broad SMARTS) is 1. The monoisotopic (exact) mass is 252 g/mol.